The number of nitrogen functional groups attached to an aromatic ring is 1. The van der Waals surface area contributed by atoms with E-state index in [1.165, 1.54) is 6.33 Å². The van der Waals surface area contributed by atoms with Gasteiger partial charge in [-0.15, -0.1) is 0 Å². The molecule has 4 aromatic rings. The van der Waals surface area contributed by atoms with E-state index in [1.54, 1.807) is 18.5 Å². The van der Waals surface area contributed by atoms with Crippen molar-refractivity contribution >= 4 is 22.8 Å². The monoisotopic (exact) mass is 524 g/mol. The summed E-state index contributed by atoms with van der Waals surface area (Å²) in [6.07, 6.45) is 10.4. The Morgan fingerprint density at radius 3 is 2.56 bits per heavy atom. The molecule has 1 aliphatic carbocycles. The van der Waals surface area contributed by atoms with Crippen LogP contribution in [0.15, 0.2) is 67.3 Å². The first kappa shape index (κ1) is 25.0. The number of carbonyl (C=O) groups excluding carboxylic acids is 1. The van der Waals surface area contributed by atoms with E-state index in [0.29, 0.717) is 29.2 Å². The summed E-state index contributed by atoms with van der Waals surface area (Å²) in [7, 11) is 3.98. The van der Waals surface area contributed by atoms with Gasteiger partial charge in [-0.05, 0) is 75.2 Å². The number of aromatic nitrogens is 5. The molecule has 1 amide bonds. The van der Waals surface area contributed by atoms with Gasteiger partial charge in [-0.1, -0.05) is 6.08 Å². The molecule has 39 heavy (non-hydrogen) atoms. The van der Waals surface area contributed by atoms with Crippen LogP contribution in [0.4, 0.5) is 5.82 Å². The number of likely N-dealkylation sites (N-methyl/N-ethyl adjacent to an activating group) is 1. The normalized spacial score (nSPS) is 20.8. The van der Waals surface area contributed by atoms with E-state index in [1.807, 2.05) is 71.1 Å². The molecule has 0 spiro atoms. The van der Waals surface area contributed by atoms with Crippen molar-refractivity contribution < 1.29 is 9.53 Å². The van der Waals surface area contributed by atoms with Crippen LogP contribution in [-0.2, 0) is 4.79 Å². The van der Waals surface area contributed by atoms with E-state index in [9.17, 15) is 4.79 Å². The number of anilines is 1. The van der Waals surface area contributed by atoms with Gasteiger partial charge >= 0.3 is 0 Å². The average molecular weight is 525 g/mol. The maximum atomic E-state index is 12.7. The second kappa shape index (κ2) is 10.5. The van der Waals surface area contributed by atoms with Crippen LogP contribution in [0, 0.1) is 11.8 Å². The van der Waals surface area contributed by atoms with E-state index in [0.717, 1.165) is 54.8 Å². The van der Waals surface area contributed by atoms with Crippen molar-refractivity contribution in [1.29, 1.82) is 0 Å². The van der Waals surface area contributed by atoms with Crippen LogP contribution in [-0.4, -0.2) is 74.2 Å². The van der Waals surface area contributed by atoms with Gasteiger partial charge in [0.2, 0.25) is 5.91 Å². The zero-order valence-corrected chi connectivity index (χ0v) is 22.1. The van der Waals surface area contributed by atoms with Gasteiger partial charge < -0.3 is 20.3 Å². The Kier molecular flexibility index (Phi) is 6.70. The Bertz CT molecular complexity index is 1490. The van der Waals surface area contributed by atoms with E-state index in [2.05, 4.69) is 15.0 Å². The molecule has 2 aliphatic rings. The van der Waals surface area contributed by atoms with Gasteiger partial charge in [0.05, 0.1) is 17.6 Å². The van der Waals surface area contributed by atoms with Crippen molar-refractivity contribution in [2.75, 3.05) is 39.5 Å². The molecule has 0 radical (unpaired) electrons. The summed E-state index contributed by atoms with van der Waals surface area (Å²) in [4.78, 5) is 29.6. The van der Waals surface area contributed by atoms with Crippen LogP contribution in [0.25, 0.3) is 22.3 Å². The molecule has 2 fully saturated rings. The molecular weight excluding hydrogens is 492 g/mol. The van der Waals surface area contributed by atoms with E-state index < -0.39 is 0 Å². The highest BCUT2D eigenvalue weighted by molar-refractivity contribution is 5.98. The number of ether oxygens (including phenoxy) is 1. The Hall–Kier alpha value is -4.31. The summed E-state index contributed by atoms with van der Waals surface area (Å²) in [6.45, 7) is 2.33. The Labute approximate surface area is 227 Å². The lowest BCUT2D eigenvalue weighted by Gasteiger charge is -2.18. The zero-order valence-electron chi connectivity index (χ0n) is 22.1. The standard InChI is InChI=1S/C29H32N8O2/c1-35(2)12-4-6-25(38)36-16-20-13-22(14-21(20)17-36)37-29-26(28(30)32-18-33-29)27(34-37)19-7-9-23(10-8-19)39-24-5-3-11-31-15-24/h3-11,15,18,20-22H,12-14,16-17H2,1-2H3,(H2,30,32,33)/b6-4+. The summed E-state index contributed by atoms with van der Waals surface area (Å²) < 4.78 is 7.93. The molecule has 0 bridgehead atoms. The van der Waals surface area contributed by atoms with E-state index in [-0.39, 0.29) is 11.9 Å². The van der Waals surface area contributed by atoms with Crippen LogP contribution in [0.5, 0.6) is 11.5 Å². The maximum Gasteiger partial charge on any atom is 0.246 e. The van der Waals surface area contributed by atoms with Crippen molar-refractivity contribution in [1.82, 2.24) is 34.5 Å². The number of nitrogens with two attached hydrogens (primary N) is 1. The van der Waals surface area contributed by atoms with Crippen LogP contribution in [0.3, 0.4) is 0 Å². The quantitative estimate of drug-likeness (QED) is 0.363. The fourth-order valence-electron chi connectivity index (χ4n) is 5.79. The summed E-state index contributed by atoms with van der Waals surface area (Å²) in [6, 6.07) is 11.7. The van der Waals surface area contributed by atoms with Crippen LogP contribution in [0.1, 0.15) is 18.9 Å². The number of carbonyl (C=O) groups is 1. The highest BCUT2D eigenvalue weighted by atomic mass is 16.5. The molecule has 2 N–H and O–H groups in total. The first-order chi connectivity index (χ1) is 19.0. The molecule has 200 valence electrons. The average Bonchev–Trinajstić information content (AvgIpc) is 3.62. The van der Waals surface area contributed by atoms with E-state index in [4.69, 9.17) is 15.6 Å². The Balaban J connectivity index is 1.21. The number of likely N-dealkylation sites (tertiary alicyclic amines) is 1. The van der Waals surface area contributed by atoms with Crippen molar-refractivity contribution in [2.45, 2.75) is 18.9 Å². The van der Waals surface area contributed by atoms with Gasteiger partial charge in [0.25, 0.3) is 0 Å². The minimum atomic E-state index is 0.103. The molecule has 3 aromatic heterocycles. The van der Waals surface area contributed by atoms with Gasteiger partial charge in [-0.25, -0.2) is 14.6 Å². The molecule has 1 saturated carbocycles. The molecule has 4 heterocycles. The lowest BCUT2D eigenvalue weighted by molar-refractivity contribution is -0.125. The number of rotatable bonds is 7. The number of benzene rings is 1. The number of hydrogen-bond donors (Lipinski definition) is 1. The van der Waals surface area contributed by atoms with Gasteiger partial charge in [0, 0.05) is 37.5 Å². The first-order valence-electron chi connectivity index (χ1n) is 13.2. The number of nitrogens with zero attached hydrogens (tertiary/aromatic N) is 7. The minimum absolute atomic E-state index is 0.103. The fourth-order valence-corrected chi connectivity index (χ4v) is 5.79. The Morgan fingerprint density at radius 2 is 1.87 bits per heavy atom. The van der Waals surface area contributed by atoms with E-state index >= 15 is 0 Å². The third kappa shape index (κ3) is 5.07. The van der Waals surface area contributed by atoms with Crippen LogP contribution in [0.2, 0.25) is 0 Å². The smallest absolute Gasteiger partial charge is 0.246 e. The molecule has 2 unspecified atom stereocenters. The molecule has 6 rings (SSSR count). The van der Waals surface area contributed by atoms with Gasteiger partial charge in [-0.2, -0.15) is 5.10 Å². The van der Waals surface area contributed by atoms with Gasteiger partial charge in [0.15, 0.2) is 5.65 Å². The van der Waals surface area contributed by atoms with Crippen molar-refractivity contribution in [2.24, 2.45) is 11.8 Å². The fraction of sp³-hybridized carbons (Fsp3) is 0.345. The lowest BCUT2D eigenvalue weighted by atomic mass is 10.0. The summed E-state index contributed by atoms with van der Waals surface area (Å²) in [5.74, 6) is 2.80. The number of pyridine rings is 1. The third-order valence-corrected chi connectivity index (χ3v) is 7.63. The molecule has 10 heteroatoms. The van der Waals surface area contributed by atoms with Gasteiger partial charge in [-0.3, -0.25) is 9.78 Å². The summed E-state index contributed by atoms with van der Waals surface area (Å²) in [5.41, 5.74) is 8.77. The van der Waals surface area contributed by atoms with Crippen LogP contribution >= 0.6 is 0 Å². The topological polar surface area (TPSA) is 115 Å². The largest absolute Gasteiger partial charge is 0.456 e. The highest BCUT2D eigenvalue weighted by Gasteiger charge is 2.43. The molecule has 1 saturated heterocycles. The van der Waals surface area contributed by atoms with Crippen LogP contribution < -0.4 is 10.5 Å². The summed E-state index contributed by atoms with van der Waals surface area (Å²) >= 11 is 0. The first-order valence-corrected chi connectivity index (χ1v) is 13.2. The van der Waals surface area contributed by atoms with Gasteiger partial charge in [0.1, 0.15) is 29.3 Å². The highest BCUT2D eigenvalue weighted by Crippen LogP contribution is 2.45. The summed E-state index contributed by atoms with van der Waals surface area (Å²) in [5, 5.41) is 5.80. The number of amides is 1. The maximum absolute atomic E-state index is 12.7. The number of fused-ring (bicyclic) bond motifs is 2. The predicted octanol–water partition coefficient (Wildman–Crippen LogP) is 3.79. The molecule has 1 aromatic carbocycles. The molecule has 1 aliphatic heterocycles. The number of hydrogen-bond acceptors (Lipinski definition) is 8. The molecular formula is C29H32N8O2. The SMILES string of the molecule is CN(C)C/C=C/C(=O)N1CC2CC(n3nc(-c4ccc(Oc5cccnc5)cc4)c4c(N)ncnc43)CC2C1. The molecule has 10 nitrogen and oxygen atoms in total. The zero-order chi connectivity index (χ0) is 26.9. The van der Waals surface area contributed by atoms with Crippen molar-refractivity contribution in [3.05, 3.63) is 67.3 Å². The molecule has 2 atom stereocenters. The predicted molar refractivity (Wildman–Crippen MR) is 149 cm³/mol. The second-order valence-corrected chi connectivity index (χ2v) is 10.6. The third-order valence-electron chi connectivity index (χ3n) is 7.63. The lowest BCUT2D eigenvalue weighted by Crippen LogP contribution is -2.28. The van der Waals surface area contributed by atoms with Crippen molar-refractivity contribution in [3.8, 4) is 22.8 Å². The Morgan fingerprint density at radius 1 is 1.10 bits per heavy atom. The van der Waals surface area contributed by atoms with Crippen molar-refractivity contribution in [3.63, 3.8) is 0 Å². The minimum Gasteiger partial charge on any atom is -0.456 e. The second-order valence-electron chi connectivity index (χ2n) is 10.6.